The number of nitrogens with zero attached hydrogens (tertiary/aromatic N) is 2. The molecule has 1 saturated carbocycles. The Kier molecular flexibility index (Phi) is 4.43. The van der Waals surface area contributed by atoms with Crippen LogP contribution in [0.1, 0.15) is 52.0 Å². The zero-order valence-corrected chi connectivity index (χ0v) is 15.5. The smallest absolute Gasteiger partial charge is 0.325 e. The predicted molar refractivity (Wildman–Crippen MR) is 97.4 cm³/mol. The Bertz CT molecular complexity index is 721. The zero-order valence-electron chi connectivity index (χ0n) is 15.5. The maximum atomic E-state index is 12.7. The molecule has 0 bridgehead atoms. The highest BCUT2D eigenvalue weighted by Gasteiger charge is 2.46. The molecule has 1 aliphatic carbocycles. The van der Waals surface area contributed by atoms with Gasteiger partial charge in [0.05, 0.1) is 17.6 Å². The molecule has 0 N–H and O–H groups in total. The fourth-order valence-corrected chi connectivity index (χ4v) is 3.34. The Hall–Kier alpha value is -2.17. The molecule has 0 saturated heterocycles. The van der Waals surface area contributed by atoms with Gasteiger partial charge in [-0.05, 0) is 52.7 Å². The molecule has 0 amide bonds. The van der Waals surface area contributed by atoms with Crippen LogP contribution in [-0.4, -0.2) is 24.2 Å². The number of carbonyl (C=O) groups excluding carboxylic acids is 2. The number of hydrogen-bond acceptors (Lipinski definition) is 5. The van der Waals surface area contributed by atoms with E-state index in [-0.39, 0.29) is 5.78 Å². The van der Waals surface area contributed by atoms with E-state index in [0.717, 1.165) is 18.5 Å². The summed E-state index contributed by atoms with van der Waals surface area (Å²) >= 11 is 0. The summed E-state index contributed by atoms with van der Waals surface area (Å²) in [7, 11) is 0. The van der Waals surface area contributed by atoms with Crippen LogP contribution in [0.2, 0.25) is 0 Å². The van der Waals surface area contributed by atoms with Crippen LogP contribution in [0.25, 0.3) is 0 Å². The summed E-state index contributed by atoms with van der Waals surface area (Å²) in [6, 6.07) is 8.07. The first-order valence-corrected chi connectivity index (χ1v) is 8.91. The number of hydrazone groups is 1. The lowest BCUT2D eigenvalue weighted by molar-refractivity contribution is -0.154. The van der Waals surface area contributed by atoms with Gasteiger partial charge in [0.2, 0.25) is 5.90 Å². The molecule has 1 fully saturated rings. The lowest BCUT2D eigenvalue weighted by Crippen LogP contribution is -2.42. The van der Waals surface area contributed by atoms with Gasteiger partial charge in [0.1, 0.15) is 11.2 Å². The van der Waals surface area contributed by atoms with E-state index in [9.17, 15) is 9.59 Å². The summed E-state index contributed by atoms with van der Waals surface area (Å²) in [6.07, 6.45) is 2.75. The van der Waals surface area contributed by atoms with Gasteiger partial charge in [0, 0.05) is 6.42 Å². The minimum Gasteiger partial charge on any atom is -0.409 e. The molecule has 0 radical (unpaired) electrons. The topological polar surface area (TPSA) is 59.0 Å². The van der Waals surface area contributed by atoms with E-state index in [1.807, 2.05) is 50.0 Å². The van der Waals surface area contributed by atoms with E-state index in [2.05, 4.69) is 5.10 Å². The normalized spacial score (nSPS) is 25.7. The summed E-state index contributed by atoms with van der Waals surface area (Å²) in [4.78, 5) is 25.0. The van der Waals surface area contributed by atoms with Gasteiger partial charge in [0.25, 0.3) is 0 Å². The maximum absolute atomic E-state index is 12.7. The van der Waals surface area contributed by atoms with E-state index in [1.165, 1.54) is 5.56 Å². The standard InChI is InChI=1S/C20H26N2O3/c1-14-8-10-15(11-9-14)22-13-19(2,3)17(21-22)25-18(24)20(4)12-6-5-7-16(20)23/h8-11H,5-7,12-13H2,1-4H3. The van der Waals surface area contributed by atoms with Crippen molar-refractivity contribution in [3.8, 4) is 0 Å². The number of carbonyl (C=O) groups is 2. The number of benzene rings is 1. The first-order valence-electron chi connectivity index (χ1n) is 8.91. The fraction of sp³-hybridized carbons (Fsp3) is 0.550. The number of ketones is 1. The first-order chi connectivity index (χ1) is 11.7. The maximum Gasteiger partial charge on any atom is 0.325 e. The number of esters is 1. The highest BCUT2D eigenvalue weighted by Crippen LogP contribution is 2.37. The third kappa shape index (κ3) is 3.32. The van der Waals surface area contributed by atoms with Gasteiger partial charge < -0.3 is 4.74 Å². The average Bonchev–Trinajstić information content (AvgIpc) is 2.85. The quantitative estimate of drug-likeness (QED) is 0.605. The molecule has 1 aliphatic heterocycles. The van der Waals surface area contributed by atoms with Crippen LogP contribution < -0.4 is 5.01 Å². The van der Waals surface area contributed by atoms with Crippen LogP contribution in [0, 0.1) is 17.8 Å². The van der Waals surface area contributed by atoms with E-state index >= 15 is 0 Å². The van der Waals surface area contributed by atoms with E-state index in [1.54, 1.807) is 6.92 Å². The molecule has 1 unspecified atom stereocenters. The molecule has 0 spiro atoms. The molecular weight excluding hydrogens is 316 g/mol. The van der Waals surface area contributed by atoms with Crippen molar-refractivity contribution < 1.29 is 14.3 Å². The van der Waals surface area contributed by atoms with Gasteiger partial charge in [-0.15, -0.1) is 5.10 Å². The SMILES string of the molecule is Cc1ccc(N2CC(C)(C)C(OC(=O)C3(C)CCCCC3=O)=N2)cc1. The van der Waals surface area contributed by atoms with Gasteiger partial charge in [-0.1, -0.05) is 24.1 Å². The largest absolute Gasteiger partial charge is 0.409 e. The number of anilines is 1. The monoisotopic (exact) mass is 342 g/mol. The minimum atomic E-state index is -1.03. The molecule has 5 heteroatoms. The first kappa shape index (κ1) is 17.6. The van der Waals surface area contributed by atoms with E-state index in [0.29, 0.717) is 25.3 Å². The van der Waals surface area contributed by atoms with Gasteiger partial charge in [-0.2, -0.15) is 0 Å². The summed E-state index contributed by atoms with van der Waals surface area (Å²) in [6.45, 7) is 8.37. The Morgan fingerprint density at radius 1 is 1.16 bits per heavy atom. The number of Topliss-reactive ketones (excluding diaryl/α,β-unsaturated/α-hetero) is 1. The van der Waals surface area contributed by atoms with Crippen molar-refractivity contribution in [2.45, 2.75) is 53.4 Å². The Morgan fingerprint density at radius 2 is 1.84 bits per heavy atom. The molecular formula is C20H26N2O3. The predicted octanol–water partition coefficient (Wildman–Crippen LogP) is 3.85. The summed E-state index contributed by atoms with van der Waals surface area (Å²) < 4.78 is 5.66. The molecule has 134 valence electrons. The second kappa shape index (κ2) is 6.28. The van der Waals surface area contributed by atoms with E-state index in [4.69, 9.17) is 4.74 Å². The average molecular weight is 342 g/mol. The fourth-order valence-electron chi connectivity index (χ4n) is 3.34. The second-order valence-electron chi connectivity index (χ2n) is 8.03. The lowest BCUT2D eigenvalue weighted by atomic mass is 9.74. The molecule has 0 aromatic heterocycles. The van der Waals surface area contributed by atoms with Gasteiger partial charge in [0.15, 0.2) is 0 Å². The van der Waals surface area contributed by atoms with E-state index < -0.39 is 16.8 Å². The summed E-state index contributed by atoms with van der Waals surface area (Å²) in [5.41, 5.74) is 0.717. The van der Waals surface area contributed by atoms with Crippen molar-refractivity contribution >= 4 is 23.3 Å². The molecule has 1 aromatic carbocycles. The van der Waals surface area contributed by atoms with Crippen molar-refractivity contribution in [2.75, 3.05) is 11.6 Å². The molecule has 3 rings (SSSR count). The highest BCUT2D eigenvalue weighted by atomic mass is 16.5. The van der Waals surface area contributed by atoms with Gasteiger partial charge >= 0.3 is 5.97 Å². The van der Waals surface area contributed by atoms with Crippen LogP contribution in [-0.2, 0) is 14.3 Å². The van der Waals surface area contributed by atoms with Crippen LogP contribution in [0.3, 0.4) is 0 Å². The van der Waals surface area contributed by atoms with Gasteiger partial charge in [-0.25, -0.2) is 0 Å². The van der Waals surface area contributed by atoms with Crippen molar-refractivity contribution in [1.82, 2.24) is 0 Å². The Morgan fingerprint density at radius 3 is 2.48 bits per heavy atom. The second-order valence-corrected chi connectivity index (χ2v) is 8.03. The summed E-state index contributed by atoms with van der Waals surface area (Å²) in [5.74, 6) is -0.0944. The number of hydrogen-bond donors (Lipinski definition) is 0. The molecule has 5 nitrogen and oxygen atoms in total. The zero-order chi connectivity index (χ0) is 18.2. The third-order valence-electron chi connectivity index (χ3n) is 5.25. The van der Waals surface area contributed by atoms with Crippen LogP contribution in [0.5, 0.6) is 0 Å². The summed E-state index contributed by atoms with van der Waals surface area (Å²) in [5, 5.41) is 6.38. The van der Waals surface area contributed by atoms with Crippen molar-refractivity contribution in [2.24, 2.45) is 15.9 Å². The number of aryl methyl sites for hydroxylation is 1. The molecule has 2 aliphatic rings. The van der Waals surface area contributed by atoms with Crippen LogP contribution in [0.4, 0.5) is 5.69 Å². The molecule has 1 atom stereocenters. The third-order valence-corrected chi connectivity index (χ3v) is 5.25. The highest BCUT2D eigenvalue weighted by molar-refractivity contribution is 6.08. The molecule has 25 heavy (non-hydrogen) atoms. The van der Waals surface area contributed by atoms with Crippen LogP contribution in [0.15, 0.2) is 29.4 Å². The minimum absolute atomic E-state index is 0.0180. The van der Waals surface area contributed by atoms with Crippen molar-refractivity contribution in [3.05, 3.63) is 29.8 Å². The van der Waals surface area contributed by atoms with Crippen molar-refractivity contribution in [1.29, 1.82) is 0 Å². The molecule has 1 aromatic rings. The van der Waals surface area contributed by atoms with Gasteiger partial charge in [-0.3, -0.25) is 14.6 Å². The Balaban J connectivity index is 1.80. The lowest BCUT2D eigenvalue weighted by Gasteiger charge is -2.30. The number of ether oxygens (including phenoxy) is 1. The van der Waals surface area contributed by atoms with Crippen LogP contribution >= 0.6 is 0 Å². The number of rotatable bonds is 2. The van der Waals surface area contributed by atoms with Crippen molar-refractivity contribution in [3.63, 3.8) is 0 Å². The Labute approximate surface area is 149 Å². The molecule has 1 heterocycles.